The summed E-state index contributed by atoms with van der Waals surface area (Å²) < 4.78 is 0. The number of nitrogens with zero attached hydrogens (tertiary/aromatic N) is 1. The zero-order valence-corrected chi connectivity index (χ0v) is 8.59. The normalized spacial score (nSPS) is 10.8. The molecule has 1 amide bonds. The first kappa shape index (κ1) is 13.8. The van der Waals surface area contributed by atoms with E-state index < -0.39 is 17.9 Å². The molecule has 1 aromatic heterocycles. The van der Waals surface area contributed by atoms with E-state index in [1.807, 2.05) is 0 Å². The Morgan fingerprint density at radius 1 is 1.69 bits per heavy atom. The summed E-state index contributed by atoms with van der Waals surface area (Å²) in [6.07, 6.45) is 4.39. The van der Waals surface area contributed by atoms with E-state index in [0.717, 1.165) is 11.8 Å². The van der Waals surface area contributed by atoms with E-state index in [1.165, 1.54) is 6.33 Å². The first-order valence-corrected chi connectivity index (χ1v) is 4.35. The van der Waals surface area contributed by atoms with Crippen molar-refractivity contribution in [1.82, 2.24) is 9.97 Å². The minimum absolute atomic E-state index is 0.287. The SMILES string of the molecule is C=CC(N)=O.NC(Cc1cnc[nH]1)C(=O)O. The number of imidazole rings is 1. The Balaban J connectivity index is 0.000000385. The van der Waals surface area contributed by atoms with Gasteiger partial charge in [-0.2, -0.15) is 0 Å². The van der Waals surface area contributed by atoms with E-state index >= 15 is 0 Å². The zero-order valence-electron chi connectivity index (χ0n) is 8.59. The highest BCUT2D eigenvalue weighted by Gasteiger charge is 2.11. The number of nitrogens with one attached hydrogen (secondary N) is 1. The van der Waals surface area contributed by atoms with Crippen molar-refractivity contribution in [2.24, 2.45) is 11.5 Å². The van der Waals surface area contributed by atoms with Gasteiger partial charge in [-0.05, 0) is 6.08 Å². The van der Waals surface area contributed by atoms with Crippen LogP contribution in [-0.4, -0.2) is 33.0 Å². The van der Waals surface area contributed by atoms with Crippen LogP contribution in [0.2, 0.25) is 0 Å². The highest BCUT2D eigenvalue weighted by molar-refractivity contribution is 5.84. The van der Waals surface area contributed by atoms with Crippen molar-refractivity contribution in [3.05, 3.63) is 30.9 Å². The summed E-state index contributed by atoms with van der Waals surface area (Å²) in [6, 6.07) is -0.851. The summed E-state index contributed by atoms with van der Waals surface area (Å²) in [6.45, 7) is 3.09. The van der Waals surface area contributed by atoms with Crippen LogP contribution in [0.4, 0.5) is 0 Å². The Labute approximate surface area is 92.2 Å². The van der Waals surface area contributed by atoms with Gasteiger partial charge in [0.25, 0.3) is 0 Å². The number of hydrogen-bond donors (Lipinski definition) is 4. The van der Waals surface area contributed by atoms with Crippen molar-refractivity contribution in [2.45, 2.75) is 12.5 Å². The lowest BCUT2D eigenvalue weighted by molar-refractivity contribution is -0.138. The number of aliphatic carboxylic acids is 1. The second-order valence-electron chi connectivity index (χ2n) is 2.83. The Hall–Kier alpha value is -2.15. The summed E-state index contributed by atoms with van der Waals surface area (Å²) in [7, 11) is 0. The van der Waals surface area contributed by atoms with Gasteiger partial charge >= 0.3 is 5.97 Å². The lowest BCUT2D eigenvalue weighted by Crippen LogP contribution is -2.32. The molecule has 6 N–H and O–H groups in total. The first-order valence-electron chi connectivity index (χ1n) is 4.35. The lowest BCUT2D eigenvalue weighted by atomic mass is 10.2. The molecule has 88 valence electrons. The molecule has 0 saturated heterocycles. The van der Waals surface area contributed by atoms with Crippen LogP contribution in [0.3, 0.4) is 0 Å². The van der Waals surface area contributed by atoms with Crippen molar-refractivity contribution >= 4 is 11.9 Å². The van der Waals surface area contributed by atoms with Gasteiger partial charge in [0, 0.05) is 18.3 Å². The average molecular weight is 226 g/mol. The molecule has 16 heavy (non-hydrogen) atoms. The molecule has 1 heterocycles. The van der Waals surface area contributed by atoms with Crippen LogP contribution in [0.5, 0.6) is 0 Å². The molecule has 1 aromatic rings. The fourth-order valence-electron chi connectivity index (χ4n) is 0.721. The Morgan fingerprint density at radius 2 is 2.25 bits per heavy atom. The van der Waals surface area contributed by atoms with Gasteiger partial charge in [0.15, 0.2) is 0 Å². The number of amides is 1. The standard InChI is InChI=1S/C6H9N3O2.C3H5NO/c7-5(6(10)11)1-4-2-8-3-9-4;1-2-3(4)5/h2-3,5H,1,7H2,(H,8,9)(H,10,11);2H,1H2,(H2,4,5). The molecule has 7 heteroatoms. The third-order valence-corrected chi connectivity index (χ3v) is 1.51. The second kappa shape index (κ2) is 7.18. The third kappa shape index (κ3) is 6.33. The summed E-state index contributed by atoms with van der Waals surface area (Å²) in [5.41, 5.74) is 10.5. The van der Waals surface area contributed by atoms with E-state index in [0.29, 0.717) is 0 Å². The van der Waals surface area contributed by atoms with Crippen LogP contribution in [-0.2, 0) is 16.0 Å². The smallest absolute Gasteiger partial charge is 0.320 e. The summed E-state index contributed by atoms with van der Waals surface area (Å²) in [5.74, 6) is -1.48. The van der Waals surface area contributed by atoms with Crippen LogP contribution in [0.15, 0.2) is 25.2 Å². The van der Waals surface area contributed by atoms with Gasteiger partial charge in [-0.15, -0.1) is 0 Å². The Bertz CT molecular complexity index is 348. The number of aromatic nitrogens is 2. The molecular weight excluding hydrogens is 212 g/mol. The molecule has 0 aliphatic heterocycles. The fourth-order valence-corrected chi connectivity index (χ4v) is 0.721. The minimum Gasteiger partial charge on any atom is -0.480 e. The number of carbonyl (C=O) groups is 2. The van der Waals surface area contributed by atoms with Crippen molar-refractivity contribution in [2.75, 3.05) is 0 Å². The highest BCUT2D eigenvalue weighted by atomic mass is 16.4. The molecule has 0 spiro atoms. The Morgan fingerprint density at radius 3 is 2.56 bits per heavy atom. The first-order chi connectivity index (χ1) is 7.47. The minimum atomic E-state index is -1.00. The largest absolute Gasteiger partial charge is 0.480 e. The predicted molar refractivity (Wildman–Crippen MR) is 57.3 cm³/mol. The lowest BCUT2D eigenvalue weighted by Gasteiger charge is -2.02. The molecular formula is C9H14N4O3. The topological polar surface area (TPSA) is 135 Å². The molecule has 0 aromatic carbocycles. The van der Waals surface area contributed by atoms with Crippen molar-refractivity contribution in [3.8, 4) is 0 Å². The summed E-state index contributed by atoms with van der Waals surface area (Å²) in [4.78, 5) is 26.2. The molecule has 1 atom stereocenters. The zero-order chi connectivity index (χ0) is 12.6. The summed E-state index contributed by atoms with van der Waals surface area (Å²) in [5, 5.41) is 8.42. The Kier molecular flexibility index (Phi) is 6.22. The predicted octanol–water partition coefficient (Wildman–Crippen LogP) is -0.978. The molecule has 1 rings (SSSR count). The van der Waals surface area contributed by atoms with Crippen LogP contribution >= 0.6 is 0 Å². The molecule has 0 fully saturated rings. The van der Waals surface area contributed by atoms with Gasteiger partial charge in [0.2, 0.25) is 5.91 Å². The average Bonchev–Trinajstić information content (AvgIpc) is 2.71. The third-order valence-electron chi connectivity index (χ3n) is 1.51. The van der Waals surface area contributed by atoms with E-state index in [4.69, 9.17) is 10.8 Å². The molecule has 7 nitrogen and oxygen atoms in total. The highest BCUT2D eigenvalue weighted by Crippen LogP contribution is 1.95. The van der Waals surface area contributed by atoms with E-state index in [9.17, 15) is 9.59 Å². The van der Waals surface area contributed by atoms with E-state index in [1.54, 1.807) is 6.20 Å². The number of H-pyrrole nitrogens is 1. The number of carbonyl (C=O) groups excluding carboxylic acids is 1. The van der Waals surface area contributed by atoms with Gasteiger partial charge in [-0.25, -0.2) is 4.98 Å². The van der Waals surface area contributed by atoms with Crippen LogP contribution < -0.4 is 11.5 Å². The summed E-state index contributed by atoms with van der Waals surface area (Å²) >= 11 is 0. The van der Waals surface area contributed by atoms with Gasteiger partial charge in [-0.1, -0.05) is 6.58 Å². The van der Waals surface area contributed by atoms with Crippen molar-refractivity contribution in [1.29, 1.82) is 0 Å². The van der Waals surface area contributed by atoms with Gasteiger partial charge in [-0.3, -0.25) is 9.59 Å². The van der Waals surface area contributed by atoms with Gasteiger partial charge in [0.05, 0.1) is 6.33 Å². The maximum Gasteiger partial charge on any atom is 0.320 e. The number of primary amides is 1. The fraction of sp³-hybridized carbons (Fsp3) is 0.222. The molecule has 0 radical (unpaired) electrons. The maximum absolute atomic E-state index is 10.3. The number of nitrogens with two attached hydrogens (primary N) is 2. The second-order valence-corrected chi connectivity index (χ2v) is 2.83. The van der Waals surface area contributed by atoms with E-state index in [-0.39, 0.29) is 6.42 Å². The maximum atomic E-state index is 10.3. The monoisotopic (exact) mass is 226 g/mol. The molecule has 0 bridgehead atoms. The van der Waals surface area contributed by atoms with Crippen molar-refractivity contribution in [3.63, 3.8) is 0 Å². The quantitative estimate of drug-likeness (QED) is 0.489. The number of hydrogen-bond acceptors (Lipinski definition) is 4. The molecule has 0 saturated carbocycles. The number of carboxylic acids is 1. The molecule has 0 aliphatic rings. The van der Waals surface area contributed by atoms with Gasteiger partial charge < -0.3 is 21.6 Å². The molecule has 1 unspecified atom stereocenters. The van der Waals surface area contributed by atoms with Crippen LogP contribution in [0.25, 0.3) is 0 Å². The van der Waals surface area contributed by atoms with E-state index in [2.05, 4.69) is 22.3 Å². The van der Waals surface area contributed by atoms with Crippen LogP contribution in [0.1, 0.15) is 5.69 Å². The molecule has 0 aliphatic carbocycles. The van der Waals surface area contributed by atoms with Gasteiger partial charge in [0.1, 0.15) is 6.04 Å². The number of rotatable bonds is 4. The van der Waals surface area contributed by atoms with Crippen molar-refractivity contribution < 1.29 is 14.7 Å². The number of carboxylic acid groups (broad SMARTS) is 1. The van der Waals surface area contributed by atoms with Crippen LogP contribution in [0, 0.1) is 0 Å². The number of aromatic amines is 1.